The number of piperazine rings is 1. The van der Waals surface area contributed by atoms with E-state index in [4.69, 9.17) is 4.74 Å². The van der Waals surface area contributed by atoms with Gasteiger partial charge >= 0.3 is 5.97 Å². The number of aryl methyl sites for hydroxylation is 1. The quantitative estimate of drug-likeness (QED) is 0.202. The Morgan fingerprint density at radius 1 is 0.930 bits per heavy atom. The Balaban J connectivity index is 1.03. The molecular formula is C30H31N9O3S. The molecule has 220 valence electrons. The van der Waals surface area contributed by atoms with Crippen molar-refractivity contribution in [3.8, 4) is 11.5 Å². The second kappa shape index (κ2) is 12.2. The highest BCUT2D eigenvalue weighted by atomic mass is 32.1. The third kappa shape index (κ3) is 6.67. The molecule has 0 bridgehead atoms. The predicted molar refractivity (Wildman–Crippen MR) is 166 cm³/mol. The number of hydrogen-bond donors (Lipinski definition) is 3. The lowest BCUT2D eigenvalue weighted by molar-refractivity contribution is -0.143. The van der Waals surface area contributed by atoms with Gasteiger partial charge in [-0.3, -0.25) is 9.59 Å². The van der Waals surface area contributed by atoms with Gasteiger partial charge in [-0.2, -0.15) is 17.6 Å². The molecule has 5 heterocycles. The van der Waals surface area contributed by atoms with E-state index in [1.807, 2.05) is 49.4 Å². The van der Waals surface area contributed by atoms with E-state index in [-0.39, 0.29) is 12.3 Å². The minimum absolute atomic E-state index is 0.0618. The van der Waals surface area contributed by atoms with Crippen LogP contribution in [-0.2, 0) is 14.3 Å². The first kappa shape index (κ1) is 28.3. The van der Waals surface area contributed by atoms with Crippen molar-refractivity contribution in [3.63, 3.8) is 0 Å². The molecule has 1 atom stereocenters. The molecule has 4 aromatic rings. The van der Waals surface area contributed by atoms with Gasteiger partial charge in [0.15, 0.2) is 5.82 Å². The van der Waals surface area contributed by atoms with Gasteiger partial charge in [0.2, 0.25) is 11.9 Å². The van der Waals surface area contributed by atoms with Gasteiger partial charge in [-0.15, -0.1) is 0 Å². The number of nitrogens with one attached hydrogen (secondary N) is 2. The SMILES string of the molecule is Cc1cccc(-c2nccc(Nc3ccnc(Nc4ccc(N5CCN(C(=O)CC6(S)CCOC6=O)CC5)cc4)n3)n2)n1. The largest absolute Gasteiger partial charge is 0.465 e. The van der Waals surface area contributed by atoms with Crippen LogP contribution < -0.4 is 15.5 Å². The van der Waals surface area contributed by atoms with Crippen molar-refractivity contribution >= 4 is 53.5 Å². The highest BCUT2D eigenvalue weighted by Crippen LogP contribution is 2.32. The molecule has 6 rings (SSSR count). The van der Waals surface area contributed by atoms with E-state index in [1.165, 1.54) is 0 Å². The third-order valence-corrected chi connectivity index (χ3v) is 7.94. The molecule has 1 aromatic carbocycles. The second-order valence-electron chi connectivity index (χ2n) is 10.5. The van der Waals surface area contributed by atoms with Crippen molar-refractivity contribution in [2.45, 2.75) is 24.5 Å². The maximum absolute atomic E-state index is 12.8. The molecule has 43 heavy (non-hydrogen) atoms. The zero-order valence-corrected chi connectivity index (χ0v) is 24.5. The standard InChI is InChI=1S/C30H31N9O3S/c1-20-3-2-4-23(33-20)27-31-12-9-24(36-27)35-25-10-13-32-29(37-25)34-21-5-7-22(8-6-21)38-14-16-39(17-15-38)26(40)19-30(43)11-18-42-28(30)41/h2-10,12-13,43H,11,14-19H2,1H3,(H2,31,32,34,35,36,37). The summed E-state index contributed by atoms with van der Waals surface area (Å²) in [6.45, 7) is 4.81. The Bertz CT molecular complexity index is 1630. The van der Waals surface area contributed by atoms with E-state index in [1.54, 1.807) is 29.4 Å². The molecule has 0 saturated carbocycles. The van der Waals surface area contributed by atoms with Crippen molar-refractivity contribution in [3.05, 3.63) is 72.7 Å². The summed E-state index contributed by atoms with van der Waals surface area (Å²) in [4.78, 5) is 51.1. The van der Waals surface area contributed by atoms with Gasteiger partial charge in [-0.25, -0.2) is 19.9 Å². The molecule has 1 unspecified atom stereocenters. The molecule has 2 aliphatic rings. The lowest BCUT2D eigenvalue weighted by atomic mass is 10.0. The second-order valence-corrected chi connectivity index (χ2v) is 11.3. The van der Waals surface area contributed by atoms with Gasteiger partial charge in [0, 0.05) is 62.1 Å². The number of benzene rings is 1. The molecule has 0 aliphatic carbocycles. The van der Waals surface area contributed by atoms with E-state index < -0.39 is 10.7 Å². The van der Waals surface area contributed by atoms with Crippen molar-refractivity contribution in [2.24, 2.45) is 0 Å². The predicted octanol–water partition coefficient (Wildman–Crippen LogP) is 3.78. The van der Waals surface area contributed by atoms with Crippen LogP contribution in [0.25, 0.3) is 11.5 Å². The average Bonchev–Trinajstić information content (AvgIpc) is 3.35. The summed E-state index contributed by atoms with van der Waals surface area (Å²) in [5.74, 6) is 1.67. The number of hydrogen-bond acceptors (Lipinski definition) is 12. The summed E-state index contributed by atoms with van der Waals surface area (Å²) in [5, 5.41) is 6.46. The molecule has 2 aliphatic heterocycles. The van der Waals surface area contributed by atoms with Crippen molar-refractivity contribution in [1.29, 1.82) is 0 Å². The maximum Gasteiger partial charge on any atom is 0.322 e. The minimum atomic E-state index is -1.00. The first-order valence-corrected chi connectivity index (χ1v) is 14.5. The Hall–Kier alpha value is -4.78. The zero-order valence-electron chi connectivity index (χ0n) is 23.6. The van der Waals surface area contributed by atoms with Gasteiger partial charge < -0.3 is 25.2 Å². The van der Waals surface area contributed by atoms with Crippen molar-refractivity contribution in [2.75, 3.05) is 48.3 Å². The Kier molecular flexibility index (Phi) is 8.05. The third-order valence-electron chi connectivity index (χ3n) is 7.38. The molecule has 0 radical (unpaired) electrons. The number of amides is 1. The van der Waals surface area contributed by atoms with Crippen molar-refractivity contribution < 1.29 is 14.3 Å². The lowest BCUT2D eigenvalue weighted by Gasteiger charge is -2.37. The molecule has 0 spiro atoms. The maximum atomic E-state index is 12.8. The monoisotopic (exact) mass is 597 g/mol. The van der Waals surface area contributed by atoms with Gasteiger partial charge in [-0.1, -0.05) is 6.07 Å². The molecule has 2 saturated heterocycles. The van der Waals surface area contributed by atoms with Crippen LogP contribution in [0.4, 0.5) is 29.0 Å². The smallest absolute Gasteiger partial charge is 0.322 e. The highest BCUT2D eigenvalue weighted by molar-refractivity contribution is 7.82. The summed E-state index contributed by atoms with van der Waals surface area (Å²) in [7, 11) is 0. The van der Waals surface area contributed by atoms with Gasteiger partial charge in [0.1, 0.15) is 22.1 Å². The molecule has 12 nitrogen and oxygen atoms in total. The fourth-order valence-corrected chi connectivity index (χ4v) is 5.30. The number of nitrogens with zero attached hydrogens (tertiary/aromatic N) is 7. The van der Waals surface area contributed by atoms with E-state index in [0.29, 0.717) is 68.3 Å². The summed E-state index contributed by atoms with van der Waals surface area (Å²) >= 11 is 4.44. The average molecular weight is 598 g/mol. The summed E-state index contributed by atoms with van der Waals surface area (Å²) in [6, 6.07) is 17.3. The van der Waals surface area contributed by atoms with E-state index >= 15 is 0 Å². The van der Waals surface area contributed by atoms with Crippen molar-refractivity contribution in [1.82, 2.24) is 29.8 Å². The molecule has 13 heteroatoms. The van der Waals surface area contributed by atoms with E-state index in [2.05, 4.69) is 53.1 Å². The van der Waals surface area contributed by atoms with Crippen LogP contribution in [0.2, 0.25) is 0 Å². The number of cyclic esters (lactones) is 1. The molecule has 2 fully saturated rings. The van der Waals surface area contributed by atoms with Crippen LogP contribution in [0.15, 0.2) is 67.0 Å². The Morgan fingerprint density at radius 3 is 2.40 bits per heavy atom. The van der Waals surface area contributed by atoms with Gasteiger partial charge in [-0.05, 0) is 55.5 Å². The van der Waals surface area contributed by atoms with Crippen LogP contribution in [-0.4, -0.2) is 79.2 Å². The Labute approximate surface area is 254 Å². The minimum Gasteiger partial charge on any atom is -0.465 e. The number of carbonyl (C=O) groups is 2. The van der Waals surface area contributed by atoms with Crippen LogP contribution in [0.3, 0.4) is 0 Å². The number of rotatable bonds is 8. The topological polar surface area (TPSA) is 138 Å². The first-order chi connectivity index (χ1) is 20.8. The fraction of sp³-hybridized carbons (Fsp3) is 0.300. The van der Waals surface area contributed by atoms with E-state index in [0.717, 1.165) is 17.1 Å². The normalized spacial score (nSPS) is 18.3. The number of anilines is 5. The molecule has 3 aromatic heterocycles. The fourth-order valence-electron chi connectivity index (χ4n) is 5.01. The summed E-state index contributed by atoms with van der Waals surface area (Å²) < 4.78 is 4.01. The summed E-state index contributed by atoms with van der Waals surface area (Å²) in [5.41, 5.74) is 3.49. The van der Waals surface area contributed by atoms with Gasteiger partial charge in [0.25, 0.3) is 0 Å². The zero-order chi connectivity index (χ0) is 29.8. The molecule has 2 N–H and O–H groups in total. The summed E-state index contributed by atoms with van der Waals surface area (Å²) in [6.07, 6.45) is 3.88. The first-order valence-electron chi connectivity index (χ1n) is 14.0. The van der Waals surface area contributed by atoms with Gasteiger partial charge in [0.05, 0.1) is 13.0 Å². The molecular weight excluding hydrogens is 566 g/mol. The van der Waals surface area contributed by atoms with Crippen LogP contribution >= 0.6 is 12.6 Å². The number of aromatic nitrogens is 5. The number of carbonyl (C=O) groups excluding carboxylic acids is 2. The van der Waals surface area contributed by atoms with Crippen LogP contribution in [0, 0.1) is 6.92 Å². The molecule has 1 amide bonds. The Morgan fingerprint density at radius 2 is 1.67 bits per heavy atom. The van der Waals surface area contributed by atoms with Crippen LogP contribution in [0.5, 0.6) is 0 Å². The number of thiol groups is 1. The number of pyridine rings is 1. The highest BCUT2D eigenvalue weighted by Gasteiger charge is 2.44. The number of esters is 1. The number of ether oxygens (including phenoxy) is 1. The lowest BCUT2D eigenvalue weighted by Crippen LogP contribution is -2.50. The van der Waals surface area contributed by atoms with E-state index in [9.17, 15) is 9.59 Å². The van der Waals surface area contributed by atoms with Crippen LogP contribution in [0.1, 0.15) is 18.5 Å².